The Hall–Kier alpha value is -3.98. The first kappa shape index (κ1) is 33.9. The summed E-state index contributed by atoms with van der Waals surface area (Å²) in [5, 5.41) is 14.1. The van der Waals surface area contributed by atoms with Gasteiger partial charge in [-0.1, -0.05) is 74.4 Å². The molecule has 6 heteroatoms. The Bertz CT molecular complexity index is 1610. The molecule has 6 rings (SSSR count). The molecule has 5 atom stereocenters. The van der Waals surface area contributed by atoms with E-state index < -0.39 is 0 Å². The van der Waals surface area contributed by atoms with Crippen molar-refractivity contribution in [2.45, 2.75) is 96.3 Å². The number of Topliss-reactive ketones (excluding diaryl/α,β-unsaturated/α-hetero) is 2. The van der Waals surface area contributed by atoms with E-state index in [0.717, 1.165) is 55.3 Å². The first-order valence-corrected chi connectivity index (χ1v) is 18.2. The second-order valence-electron chi connectivity index (χ2n) is 14.8. The fourth-order valence-corrected chi connectivity index (χ4v) is 9.44. The summed E-state index contributed by atoms with van der Waals surface area (Å²) < 4.78 is 5.47. The minimum Gasteiger partial charge on any atom is -0.504 e. The summed E-state index contributed by atoms with van der Waals surface area (Å²) in [6.45, 7) is 3.03. The lowest BCUT2D eigenvalue weighted by molar-refractivity contribution is -0.130. The van der Waals surface area contributed by atoms with Gasteiger partial charge in [0.1, 0.15) is 11.6 Å². The van der Waals surface area contributed by atoms with Crippen LogP contribution in [0.2, 0.25) is 0 Å². The molecule has 4 aliphatic rings. The van der Waals surface area contributed by atoms with Crippen molar-refractivity contribution in [1.82, 2.24) is 5.32 Å². The van der Waals surface area contributed by atoms with Crippen LogP contribution in [0.4, 0.5) is 0 Å². The molecule has 2 saturated carbocycles. The SMILES string of the molecule is CCCC1([C@H]2C[C@H](CC3=CCNC(N)=C3)C[C@H]3C#C[C@H](c4ccccc4)c4cc(O)c(OC)cc4CCC(=O)CC(=O)[C@@H]3C2)CCCC1. The molecule has 0 bridgehead atoms. The topological polar surface area (TPSA) is 102 Å². The van der Waals surface area contributed by atoms with Gasteiger partial charge in [-0.2, -0.15) is 0 Å². The first-order valence-electron chi connectivity index (χ1n) is 18.2. The maximum Gasteiger partial charge on any atom is 0.160 e. The molecule has 6 nitrogen and oxygen atoms in total. The van der Waals surface area contributed by atoms with Gasteiger partial charge < -0.3 is 20.9 Å². The van der Waals surface area contributed by atoms with E-state index in [9.17, 15) is 14.7 Å². The summed E-state index contributed by atoms with van der Waals surface area (Å²) in [7, 11) is 1.53. The summed E-state index contributed by atoms with van der Waals surface area (Å²) in [5.41, 5.74) is 10.5. The van der Waals surface area contributed by atoms with Crippen LogP contribution in [0.25, 0.3) is 0 Å². The highest BCUT2D eigenvalue weighted by molar-refractivity contribution is 6.00. The van der Waals surface area contributed by atoms with Gasteiger partial charge in [-0.3, -0.25) is 9.59 Å². The Labute approximate surface area is 286 Å². The van der Waals surface area contributed by atoms with Crippen molar-refractivity contribution in [2.24, 2.45) is 34.8 Å². The highest BCUT2D eigenvalue weighted by atomic mass is 16.5. The number of aryl methyl sites for hydroxylation is 1. The Morgan fingerprint density at radius 2 is 1.83 bits per heavy atom. The number of nitrogens with one attached hydrogen (secondary N) is 1. The number of benzene rings is 2. The third-order valence-electron chi connectivity index (χ3n) is 11.7. The molecule has 0 spiro atoms. The number of aromatic hydroxyl groups is 1. The number of phenols is 1. The van der Waals surface area contributed by atoms with Crippen molar-refractivity contribution in [3.05, 3.63) is 82.7 Å². The molecule has 0 amide bonds. The van der Waals surface area contributed by atoms with Crippen molar-refractivity contribution in [3.63, 3.8) is 0 Å². The van der Waals surface area contributed by atoms with E-state index in [-0.39, 0.29) is 53.3 Å². The average Bonchev–Trinajstić information content (AvgIpc) is 3.47. The van der Waals surface area contributed by atoms with Crippen LogP contribution in [0, 0.1) is 40.9 Å². The van der Waals surface area contributed by atoms with Gasteiger partial charge in [0.05, 0.1) is 25.3 Å². The molecule has 0 saturated heterocycles. The predicted molar refractivity (Wildman–Crippen MR) is 190 cm³/mol. The first-order chi connectivity index (χ1) is 23.3. The second-order valence-corrected chi connectivity index (χ2v) is 14.8. The van der Waals surface area contributed by atoms with Crippen LogP contribution < -0.4 is 15.8 Å². The molecule has 2 fully saturated rings. The van der Waals surface area contributed by atoms with Crippen molar-refractivity contribution >= 4 is 11.6 Å². The van der Waals surface area contributed by atoms with E-state index in [1.54, 1.807) is 6.07 Å². The number of nitrogens with two attached hydrogens (primary N) is 1. The highest BCUT2D eigenvalue weighted by Crippen LogP contribution is 2.55. The zero-order valence-corrected chi connectivity index (χ0v) is 28.7. The van der Waals surface area contributed by atoms with Gasteiger partial charge in [-0.15, -0.1) is 0 Å². The van der Waals surface area contributed by atoms with Crippen LogP contribution in [0.3, 0.4) is 0 Å². The fourth-order valence-electron chi connectivity index (χ4n) is 9.44. The van der Waals surface area contributed by atoms with Crippen LogP contribution in [-0.2, 0) is 16.0 Å². The number of allylic oxidation sites excluding steroid dienone is 2. The van der Waals surface area contributed by atoms with Gasteiger partial charge in [0, 0.05) is 24.8 Å². The van der Waals surface area contributed by atoms with Crippen LogP contribution >= 0.6 is 0 Å². The lowest BCUT2D eigenvalue weighted by Crippen LogP contribution is -2.33. The predicted octanol–water partition coefficient (Wildman–Crippen LogP) is 7.74. The smallest absolute Gasteiger partial charge is 0.160 e. The molecule has 3 aliphatic carbocycles. The largest absolute Gasteiger partial charge is 0.504 e. The van der Waals surface area contributed by atoms with Crippen molar-refractivity contribution in [2.75, 3.05) is 13.7 Å². The standard InChI is InChI=1S/C42H52N2O4/c1-3-16-42(17-7-8-18-42)33-22-29(20-28-15-19-44-41(43)23-28)21-31-12-14-35(30-9-5-4-6-10-30)36-27-39(47)40(48-2)24-32(36)11-13-34(45)26-38(46)37(31)25-33/h4-6,9-10,15,23-24,27,29,31,33,35,37,44,47H,3,7-8,11,13,16-22,25-26,43H2,1-2H3/t29-,31-,33+,35-,37-/m1/s1. The van der Waals surface area contributed by atoms with E-state index in [1.807, 2.05) is 24.3 Å². The third kappa shape index (κ3) is 7.51. The lowest BCUT2D eigenvalue weighted by atomic mass is 9.65. The molecule has 0 radical (unpaired) electrons. The normalized spacial score (nSPS) is 27.3. The highest BCUT2D eigenvalue weighted by Gasteiger charge is 2.46. The molecule has 0 unspecified atom stereocenters. The maximum absolute atomic E-state index is 14.3. The van der Waals surface area contributed by atoms with E-state index in [4.69, 9.17) is 10.5 Å². The molecular weight excluding hydrogens is 596 g/mol. The Kier molecular flexibility index (Phi) is 10.6. The number of dihydropyridines is 1. The van der Waals surface area contributed by atoms with Gasteiger partial charge in [-0.05, 0) is 109 Å². The van der Waals surface area contributed by atoms with Gasteiger partial charge >= 0.3 is 0 Å². The number of carbonyl (C=O) groups is 2. The van der Waals surface area contributed by atoms with Gasteiger partial charge in [-0.25, -0.2) is 0 Å². The number of fused-ring (bicyclic) bond motifs is 2. The molecule has 0 aromatic heterocycles. The number of ketones is 2. The number of rotatable bonds is 7. The van der Waals surface area contributed by atoms with Crippen LogP contribution in [0.5, 0.6) is 11.5 Å². The van der Waals surface area contributed by atoms with Gasteiger partial charge in [0.15, 0.2) is 11.5 Å². The molecule has 4 N–H and O–H groups in total. The van der Waals surface area contributed by atoms with E-state index in [1.165, 1.54) is 44.8 Å². The number of carbonyl (C=O) groups excluding carboxylic acids is 2. The summed E-state index contributed by atoms with van der Waals surface area (Å²) in [4.78, 5) is 27.9. The van der Waals surface area contributed by atoms with Crippen molar-refractivity contribution < 1.29 is 19.4 Å². The number of methoxy groups -OCH3 is 1. The van der Waals surface area contributed by atoms with Crippen LogP contribution in [0.15, 0.2) is 66.0 Å². The number of ether oxygens (including phenoxy) is 1. The minimum atomic E-state index is -0.322. The number of hydrogen-bond donors (Lipinski definition) is 3. The summed E-state index contributed by atoms with van der Waals surface area (Å²) >= 11 is 0. The summed E-state index contributed by atoms with van der Waals surface area (Å²) in [6.07, 6.45) is 15.9. The minimum absolute atomic E-state index is 0.0245. The molecule has 1 aliphatic heterocycles. The summed E-state index contributed by atoms with van der Waals surface area (Å²) in [5.74, 6) is 8.62. The van der Waals surface area contributed by atoms with Crippen LogP contribution in [0.1, 0.15) is 107 Å². The van der Waals surface area contributed by atoms with Crippen molar-refractivity contribution in [3.8, 4) is 23.3 Å². The fraction of sp³-hybridized carbons (Fsp3) is 0.524. The quantitative estimate of drug-likeness (QED) is 0.210. The average molecular weight is 649 g/mol. The molecule has 2 aromatic rings. The number of hydrogen-bond acceptors (Lipinski definition) is 6. The third-order valence-corrected chi connectivity index (χ3v) is 11.7. The zero-order chi connectivity index (χ0) is 33.7. The summed E-state index contributed by atoms with van der Waals surface area (Å²) in [6, 6.07) is 13.8. The lowest BCUT2D eigenvalue weighted by Gasteiger charge is -2.40. The second kappa shape index (κ2) is 15.1. The van der Waals surface area contributed by atoms with E-state index >= 15 is 0 Å². The number of phenolic OH excluding ortho intramolecular Hbond substituents is 1. The molecule has 2 aromatic carbocycles. The molecule has 254 valence electrons. The van der Waals surface area contributed by atoms with E-state index in [2.05, 4.69) is 48.4 Å². The van der Waals surface area contributed by atoms with Crippen LogP contribution in [-0.4, -0.2) is 30.3 Å². The maximum atomic E-state index is 14.3. The van der Waals surface area contributed by atoms with Crippen molar-refractivity contribution in [1.29, 1.82) is 0 Å². The molecule has 48 heavy (non-hydrogen) atoms. The monoisotopic (exact) mass is 648 g/mol. The zero-order valence-electron chi connectivity index (χ0n) is 28.7. The Morgan fingerprint density at radius 3 is 2.56 bits per heavy atom. The van der Waals surface area contributed by atoms with Gasteiger partial charge in [0.2, 0.25) is 0 Å². The Balaban J connectivity index is 1.47. The van der Waals surface area contributed by atoms with E-state index in [0.29, 0.717) is 29.8 Å². The Morgan fingerprint density at radius 1 is 1.04 bits per heavy atom. The van der Waals surface area contributed by atoms with Gasteiger partial charge in [0.25, 0.3) is 0 Å². The molecular formula is C42H52N2O4. The molecule has 1 heterocycles.